The van der Waals surface area contributed by atoms with E-state index >= 15 is 0 Å². The molecule has 0 unspecified atom stereocenters. The smallest absolute Gasteiger partial charge is 0.222 e. The Labute approximate surface area is 111 Å². The van der Waals surface area contributed by atoms with Crippen molar-refractivity contribution in [1.82, 2.24) is 10.2 Å². The molecule has 0 aliphatic carbocycles. The monoisotopic (exact) mass is 256 g/mol. The molecule has 0 aromatic carbocycles. The second-order valence-corrected chi connectivity index (χ2v) is 5.49. The average molecular weight is 256 g/mol. The third kappa shape index (κ3) is 5.83. The lowest BCUT2D eigenvalue weighted by molar-refractivity contribution is -0.132. The number of rotatable bonds is 7. The van der Waals surface area contributed by atoms with Crippen molar-refractivity contribution < 1.29 is 9.53 Å². The summed E-state index contributed by atoms with van der Waals surface area (Å²) in [7, 11) is 1.75. The molecule has 4 heteroatoms. The van der Waals surface area contributed by atoms with Gasteiger partial charge in [-0.05, 0) is 31.7 Å². The number of hydrogen-bond donors (Lipinski definition) is 1. The molecular formula is C14H28N2O2. The standard InChI is InChI=1S/C14H28N2O2/c1-12(2)15-8-4-5-14(17)16-9-6-13(7-10-16)11-18-3/h12-13,15H,4-11H2,1-3H3. The van der Waals surface area contributed by atoms with Gasteiger partial charge < -0.3 is 15.0 Å². The zero-order chi connectivity index (χ0) is 13.4. The van der Waals surface area contributed by atoms with Crippen LogP contribution in [0, 0.1) is 5.92 Å². The highest BCUT2D eigenvalue weighted by molar-refractivity contribution is 5.76. The zero-order valence-corrected chi connectivity index (χ0v) is 12.1. The second-order valence-electron chi connectivity index (χ2n) is 5.49. The first kappa shape index (κ1) is 15.4. The summed E-state index contributed by atoms with van der Waals surface area (Å²) in [5.41, 5.74) is 0. The van der Waals surface area contributed by atoms with Gasteiger partial charge in [-0.2, -0.15) is 0 Å². The number of hydrogen-bond acceptors (Lipinski definition) is 3. The number of methoxy groups -OCH3 is 1. The van der Waals surface area contributed by atoms with Crippen molar-refractivity contribution in [2.75, 3.05) is 33.4 Å². The Morgan fingerprint density at radius 2 is 2.06 bits per heavy atom. The van der Waals surface area contributed by atoms with E-state index in [-0.39, 0.29) is 0 Å². The minimum absolute atomic E-state index is 0.316. The molecular weight excluding hydrogens is 228 g/mol. The molecule has 1 heterocycles. The third-order valence-electron chi connectivity index (χ3n) is 3.49. The first-order chi connectivity index (χ1) is 8.63. The predicted molar refractivity (Wildman–Crippen MR) is 73.6 cm³/mol. The Kier molecular flexibility index (Phi) is 7.28. The van der Waals surface area contributed by atoms with Crippen LogP contribution in [-0.2, 0) is 9.53 Å². The van der Waals surface area contributed by atoms with E-state index in [1.807, 2.05) is 4.90 Å². The summed E-state index contributed by atoms with van der Waals surface area (Å²) < 4.78 is 5.17. The van der Waals surface area contributed by atoms with E-state index in [2.05, 4.69) is 19.2 Å². The average Bonchev–Trinajstić information content (AvgIpc) is 2.35. The molecule has 0 atom stereocenters. The highest BCUT2D eigenvalue weighted by Crippen LogP contribution is 2.18. The lowest BCUT2D eigenvalue weighted by Gasteiger charge is -2.31. The molecule has 0 aromatic heterocycles. The Morgan fingerprint density at radius 1 is 1.39 bits per heavy atom. The highest BCUT2D eigenvalue weighted by Gasteiger charge is 2.22. The third-order valence-corrected chi connectivity index (χ3v) is 3.49. The molecule has 18 heavy (non-hydrogen) atoms. The van der Waals surface area contributed by atoms with Gasteiger partial charge in [0.2, 0.25) is 5.91 Å². The summed E-state index contributed by atoms with van der Waals surface area (Å²) in [5, 5.41) is 3.34. The molecule has 1 amide bonds. The van der Waals surface area contributed by atoms with Crippen LogP contribution in [0.4, 0.5) is 0 Å². The van der Waals surface area contributed by atoms with Crippen molar-refractivity contribution in [1.29, 1.82) is 0 Å². The Bertz CT molecular complexity index is 236. The number of piperidine rings is 1. The molecule has 1 aliphatic heterocycles. The summed E-state index contributed by atoms with van der Waals surface area (Å²) in [6, 6.07) is 0.505. The molecule has 1 N–H and O–H groups in total. The van der Waals surface area contributed by atoms with Crippen LogP contribution in [0.5, 0.6) is 0 Å². The minimum Gasteiger partial charge on any atom is -0.384 e. The van der Waals surface area contributed by atoms with Crippen molar-refractivity contribution in [3.05, 3.63) is 0 Å². The molecule has 4 nitrogen and oxygen atoms in total. The first-order valence-electron chi connectivity index (χ1n) is 7.13. The Balaban J connectivity index is 2.12. The largest absolute Gasteiger partial charge is 0.384 e. The predicted octanol–water partition coefficient (Wildman–Crippen LogP) is 1.65. The van der Waals surface area contributed by atoms with Gasteiger partial charge in [0.15, 0.2) is 0 Å². The topological polar surface area (TPSA) is 41.6 Å². The number of nitrogens with one attached hydrogen (secondary N) is 1. The van der Waals surface area contributed by atoms with E-state index in [9.17, 15) is 4.79 Å². The summed E-state index contributed by atoms with van der Waals surface area (Å²) in [4.78, 5) is 14.0. The fraction of sp³-hybridized carbons (Fsp3) is 0.929. The van der Waals surface area contributed by atoms with Crippen LogP contribution in [0.1, 0.15) is 39.5 Å². The number of carbonyl (C=O) groups is 1. The van der Waals surface area contributed by atoms with E-state index in [0.717, 1.165) is 45.5 Å². The number of likely N-dealkylation sites (tertiary alicyclic amines) is 1. The van der Waals surface area contributed by atoms with E-state index < -0.39 is 0 Å². The van der Waals surface area contributed by atoms with Gasteiger partial charge >= 0.3 is 0 Å². The van der Waals surface area contributed by atoms with Gasteiger partial charge in [0, 0.05) is 39.3 Å². The molecule has 0 bridgehead atoms. The molecule has 106 valence electrons. The zero-order valence-electron chi connectivity index (χ0n) is 12.1. The van der Waals surface area contributed by atoms with Crippen molar-refractivity contribution >= 4 is 5.91 Å². The van der Waals surface area contributed by atoms with Crippen LogP contribution in [0.3, 0.4) is 0 Å². The van der Waals surface area contributed by atoms with Crippen molar-refractivity contribution in [2.24, 2.45) is 5.92 Å². The van der Waals surface area contributed by atoms with Crippen LogP contribution < -0.4 is 5.32 Å². The van der Waals surface area contributed by atoms with E-state index in [4.69, 9.17) is 4.74 Å². The van der Waals surface area contributed by atoms with Crippen molar-refractivity contribution in [3.63, 3.8) is 0 Å². The first-order valence-corrected chi connectivity index (χ1v) is 7.13. The van der Waals surface area contributed by atoms with Gasteiger partial charge in [0.1, 0.15) is 0 Å². The van der Waals surface area contributed by atoms with Crippen LogP contribution in [-0.4, -0.2) is 50.2 Å². The van der Waals surface area contributed by atoms with Crippen molar-refractivity contribution in [2.45, 2.75) is 45.6 Å². The SMILES string of the molecule is COCC1CCN(C(=O)CCCNC(C)C)CC1. The highest BCUT2D eigenvalue weighted by atomic mass is 16.5. The fourth-order valence-corrected chi connectivity index (χ4v) is 2.37. The molecule has 0 aromatic rings. The van der Waals surface area contributed by atoms with Gasteiger partial charge in [-0.3, -0.25) is 4.79 Å². The molecule has 1 aliphatic rings. The van der Waals surface area contributed by atoms with E-state index in [0.29, 0.717) is 24.3 Å². The molecule has 0 spiro atoms. The maximum atomic E-state index is 12.0. The van der Waals surface area contributed by atoms with E-state index in [1.165, 1.54) is 0 Å². The fourth-order valence-electron chi connectivity index (χ4n) is 2.37. The molecule has 1 rings (SSSR count). The summed E-state index contributed by atoms with van der Waals surface area (Å²) >= 11 is 0. The van der Waals surface area contributed by atoms with Crippen LogP contribution in [0.2, 0.25) is 0 Å². The van der Waals surface area contributed by atoms with E-state index in [1.54, 1.807) is 7.11 Å². The molecule has 0 saturated carbocycles. The van der Waals surface area contributed by atoms with Crippen LogP contribution in [0.25, 0.3) is 0 Å². The molecule has 1 saturated heterocycles. The Morgan fingerprint density at radius 3 is 2.61 bits per heavy atom. The van der Waals surface area contributed by atoms with Gasteiger partial charge in [-0.25, -0.2) is 0 Å². The molecule has 1 fully saturated rings. The summed E-state index contributed by atoms with van der Waals surface area (Å²) in [6.45, 7) is 7.84. The summed E-state index contributed by atoms with van der Waals surface area (Å²) in [6.07, 6.45) is 3.79. The number of ether oxygens (including phenoxy) is 1. The quantitative estimate of drug-likeness (QED) is 0.704. The van der Waals surface area contributed by atoms with Crippen molar-refractivity contribution in [3.8, 4) is 0 Å². The second kappa shape index (κ2) is 8.48. The molecule has 0 radical (unpaired) electrons. The number of amides is 1. The normalized spacial score (nSPS) is 17.4. The maximum absolute atomic E-state index is 12.0. The lowest BCUT2D eigenvalue weighted by atomic mass is 9.97. The van der Waals surface area contributed by atoms with Gasteiger partial charge in [0.25, 0.3) is 0 Å². The van der Waals surface area contributed by atoms with Gasteiger partial charge in [0.05, 0.1) is 0 Å². The number of nitrogens with zero attached hydrogens (tertiary/aromatic N) is 1. The van der Waals surface area contributed by atoms with Gasteiger partial charge in [-0.15, -0.1) is 0 Å². The van der Waals surface area contributed by atoms with Crippen LogP contribution in [0.15, 0.2) is 0 Å². The lowest BCUT2D eigenvalue weighted by Crippen LogP contribution is -2.39. The van der Waals surface area contributed by atoms with Crippen LogP contribution >= 0.6 is 0 Å². The minimum atomic E-state index is 0.316. The maximum Gasteiger partial charge on any atom is 0.222 e. The summed E-state index contributed by atoms with van der Waals surface area (Å²) in [5.74, 6) is 0.957. The number of carbonyl (C=O) groups excluding carboxylic acids is 1. The van der Waals surface area contributed by atoms with Gasteiger partial charge in [-0.1, -0.05) is 13.8 Å². The Hall–Kier alpha value is -0.610.